The molecule has 1 N–H and O–H groups in total. The minimum Gasteiger partial charge on any atom is -0.483 e. The van der Waals surface area contributed by atoms with Crippen LogP contribution < -0.4 is 14.8 Å². The van der Waals surface area contributed by atoms with E-state index >= 15 is 0 Å². The van der Waals surface area contributed by atoms with E-state index in [-0.39, 0.29) is 17.4 Å². The van der Waals surface area contributed by atoms with Crippen LogP contribution in [0.15, 0.2) is 18.2 Å². The predicted molar refractivity (Wildman–Crippen MR) is 116 cm³/mol. The molecule has 0 aromatic heterocycles. The topological polar surface area (TPSA) is 47.6 Å². The smallest absolute Gasteiger partial charge is 0.223 e. The highest BCUT2D eigenvalue weighted by atomic mass is 16.5. The average molecular weight is 398 g/mol. The second-order valence-electron chi connectivity index (χ2n) is 9.00. The maximum Gasteiger partial charge on any atom is 0.223 e. The first-order valence-electron chi connectivity index (χ1n) is 11.2. The van der Waals surface area contributed by atoms with Crippen LogP contribution in [0.25, 0.3) is 0 Å². The molecule has 4 heteroatoms. The summed E-state index contributed by atoms with van der Waals surface area (Å²) in [5.41, 5.74) is 0.990. The molecule has 2 aliphatic rings. The molecule has 1 aliphatic heterocycles. The molecule has 1 aromatic carbocycles. The second-order valence-corrected chi connectivity index (χ2v) is 9.00. The number of fused-ring (bicyclic) bond motifs is 1. The highest BCUT2D eigenvalue weighted by molar-refractivity contribution is 5.78. The lowest BCUT2D eigenvalue weighted by atomic mass is 9.79. The van der Waals surface area contributed by atoms with Gasteiger partial charge in [0.1, 0.15) is 12.2 Å². The number of hydrogen-bond acceptors (Lipinski definition) is 3. The fourth-order valence-electron chi connectivity index (χ4n) is 4.41. The van der Waals surface area contributed by atoms with Crippen molar-refractivity contribution in [3.05, 3.63) is 23.8 Å². The van der Waals surface area contributed by atoms with Gasteiger partial charge in [-0.1, -0.05) is 50.2 Å². The number of carbonyl (C=O) groups excluding carboxylic acids is 1. The molecule has 1 saturated carbocycles. The fourth-order valence-corrected chi connectivity index (χ4v) is 4.41. The van der Waals surface area contributed by atoms with Crippen molar-refractivity contribution in [2.45, 2.75) is 77.7 Å². The molecule has 0 radical (unpaired) electrons. The fraction of sp³-hybridized carbons (Fsp3) is 0.640. The van der Waals surface area contributed by atoms with Crippen LogP contribution in [-0.2, 0) is 11.2 Å². The molecular weight excluding hydrogens is 362 g/mol. The van der Waals surface area contributed by atoms with Crippen LogP contribution in [-0.4, -0.2) is 24.7 Å². The van der Waals surface area contributed by atoms with Gasteiger partial charge in [0.25, 0.3) is 0 Å². The number of nitrogens with one attached hydrogen (secondary N) is 1. The van der Waals surface area contributed by atoms with E-state index in [9.17, 15) is 4.79 Å². The molecule has 0 atom stereocenters. The average Bonchev–Trinajstić information content (AvgIpc) is 3.03. The summed E-state index contributed by atoms with van der Waals surface area (Å²) in [7, 11) is 0. The third-order valence-electron chi connectivity index (χ3n) is 6.01. The van der Waals surface area contributed by atoms with Crippen molar-refractivity contribution in [2.24, 2.45) is 11.8 Å². The number of amides is 1. The maximum atomic E-state index is 12.3. The van der Waals surface area contributed by atoms with Crippen LogP contribution in [0.2, 0.25) is 0 Å². The third kappa shape index (κ3) is 6.16. The Morgan fingerprint density at radius 2 is 2.03 bits per heavy atom. The van der Waals surface area contributed by atoms with Gasteiger partial charge in [-0.2, -0.15) is 0 Å². The molecule has 1 amide bonds. The minimum absolute atomic E-state index is 0.158. The van der Waals surface area contributed by atoms with Crippen molar-refractivity contribution >= 4 is 5.91 Å². The van der Waals surface area contributed by atoms with E-state index < -0.39 is 0 Å². The Kier molecular flexibility index (Phi) is 7.47. The molecule has 29 heavy (non-hydrogen) atoms. The molecule has 0 unspecified atom stereocenters. The Balaban J connectivity index is 1.36. The Morgan fingerprint density at radius 3 is 2.79 bits per heavy atom. The van der Waals surface area contributed by atoms with Gasteiger partial charge >= 0.3 is 0 Å². The summed E-state index contributed by atoms with van der Waals surface area (Å²) in [5, 5.41) is 2.97. The Bertz CT molecular complexity index is 751. The number of ether oxygens (including phenoxy) is 2. The van der Waals surface area contributed by atoms with Gasteiger partial charge in [-0.25, -0.2) is 0 Å². The van der Waals surface area contributed by atoms with Crippen LogP contribution in [0.3, 0.4) is 0 Å². The molecule has 1 aliphatic carbocycles. The van der Waals surface area contributed by atoms with E-state index in [1.165, 1.54) is 37.7 Å². The van der Waals surface area contributed by atoms with E-state index in [2.05, 4.69) is 44.0 Å². The molecule has 1 fully saturated rings. The van der Waals surface area contributed by atoms with Crippen LogP contribution in [0, 0.1) is 23.7 Å². The second kappa shape index (κ2) is 10.1. The SMILES string of the molecule is CCCCC1CCC(C(=O)NCC#CCOc2cccc3c2OC(C)(C)C3)CC1. The summed E-state index contributed by atoms with van der Waals surface area (Å²) >= 11 is 0. The quantitative estimate of drug-likeness (QED) is 0.666. The Labute approximate surface area is 175 Å². The van der Waals surface area contributed by atoms with Crippen molar-refractivity contribution < 1.29 is 14.3 Å². The molecule has 0 spiro atoms. The first-order chi connectivity index (χ1) is 14.0. The molecule has 1 heterocycles. The van der Waals surface area contributed by atoms with Gasteiger partial charge in [0.15, 0.2) is 11.5 Å². The summed E-state index contributed by atoms with van der Waals surface area (Å²) in [4.78, 5) is 12.3. The number of carbonyl (C=O) groups is 1. The molecule has 4 nitrogen and oxygen atoms in total. The molecule has 3 rings (SSSR count). The lowest BCUT2D eigenvalue weighted by Gasteiger charge is -2.27. The van der Waals surface area contributed by atoms with Crippen molar-refractivity contribution in [2.75, 3.05) is 13.2 Å². The standard InChI is InChI=1S/C25H35NO3/c1-4-5-9-19-12-14-20(15-13-19)24(27)26-16-6-7-17-28-22-11-8-10-21-18-25(2,3)29-23(21)22/h8,10-11,19-20H,4-5,9,12-18H2,1-3H3,(H,26,27). The van der Waals surface area contributed by atoms with Crippen molar-refractivity contribution in [1.82, 2.24) is 5.32 Å². The van der Waals surface area contributed by atoms with Crippen LogP contribution in [0.1, 0.15) is 71.3 Å². The number of benzene rings is 1. The zero-order valence-electron chi connectivity index (χ0n) is 18.2. The van der Waals surface area contributed by atoms with Crippen LogP contribution in [0.4, 0.5) is 0 Å². The number of hydrogen-bond donors (Lipinski definition) is 1. The lowest BCUT2D eigenvalue weighted by molar-refractivity contribution is -0.125. The van der Waals surface area contributed by atoms with Gasteiger partial charge in [-0.05, 0) is 51.5 Å². The number of para-hydroxylation sites is 1. The summed E-state index contributed by atoms with van der Waals surface area (Å²) in [5.74, 6) is 8.71. The van der Waals surface area contributed by atoms with E-state index in [0.29, 0.717) is 13.2 Å². The van der Waals surface area contributed by atoms with E-state index in [4.69, 9.17) is 9.47 Å². The summed E-state index contributed by atoms with van der Waals surface area (Å²) in [6.07, 6.45) is 9.21. The van der Waals surface area contributed by atoms with Crippen molar-refractivity contribution in [3.8, 4) is 23.3 Å². The first kappa shape index (κ1) is 21.6. The van der Waals surface area contributed by atoms with E-state index in [0.717, 1.165) is 36.7 Å². The molecule has 1 aromatic rings. The van der Waals surface area contributed by atoms with Crippen molar-refractivity contribution in [1.29, 1.82) is 0 Å². The number of rotatable bonds is 7. The zero-order chi connectivity index (χ0) is 20.7. The van der Waals surface area contributed by atoms with Gasteiger partial charge in [-0.15, -0.1) is 0 Å². The normalized spacial score (nSPS) is 22.0. The van der Waals surface area contributed by atoms with Gasteiger partial charge in [0.2, 0.25) is 5.91 Å². The first-order valence-corrected chi connectivity index (χ1v) is 11.2. The third-order valence-corrected chi connectivity index (χ3v) is 6.01. The molecule has 158 valence electrons. The monoisotopic (exact) mass is 397 g/mol. The molecule has 0 bridgehead atoms. The number of unbranched alkanes of at least 4 members (excludes halogenated alkanes) is 1. The Morgan fingerprint density at radius 1 is 1.24 bits per heavy atom. The van der Waals surface area contributed by atoms with Crippen LogP contribution >= 0.6 is 0 Å². The van der Waals surface area contributed by atoms with E-state index in [1.54, 1.807) is 0 Å². The van der Waals surface area contributed by atoms with E-state index in [1.807, 2.05) is 12.1 Å². The van der Waals surface area contributed by atoms with Gasteiger partial charge < -0.3 is 14.8 Å². The predicted octanol–water partition coefficient (Wildman–Crippen LogP) is 4.90. The lowest BCUT2D eigenvalue weighted by Crippen LogP contribution is -2.33. The summed E-state index contributed by atoms with van der Waals surface area (Å²) in [6, 6.07) is 5.99. The highest BCUT2D eigenvalue weighted by Crippen LogP contribution is 2.41. The largest absolute Gasteiger partial charge is 0.483 e. The van der Waals surface area contributed by atoms with Crippen LogP contribution in [0.5, 0.6) is 11.5 Å². The van der Waals surface area contributed by atoms with Crippen molar-refractivity contribution in [3.63, 3.8) is 0 Å². The molecular formula is C25H35NO3. The van der Waals surface area contributed by atoms with Gasteiger partial charge in [-0.3, -0.25) is 4.79 Å². The zero-order valence-corrected chi connectivity index (χ0v) is 18.2. The minimum atomic E-state index is -0.188. The summed E-state index contributed by atoms with van der Waals surface area (Å²) in [6.45, 7) is 7.08. The van der Waals surface area contributed by atoms with Gasteiger partial charge in [0, 0.05) is 17.9 Å². The van der Waals surface area contributed by atoms with Gasteiger partial charge in [0.05, 0.1) is 6.54 Å². The maximum absolute atomic E-state index is 12.3. The highest BCUT2D eigenvalue weighted by Gasteiger charge is 2.32. The molecule has 0 saturated heterocycles. The Hall–Kier alpha value is -2.15. The summed E-state index contributed by atoms with van der Waals surface area (Å²) < 4.78 is 11.8.